The number of benzene rings is 1. The molecule has 0 saturated carbocycles. The molecule has 0 spiro atoms. The van der Waals surface area contributed by atoms with Crippen LogP contribution in [0, 0.1) is 0 Å². The molecule has 0 fully saturated rings. The summed E-state index contributed by atoms with van der Waals surface area (Å²) < 4.78 is 32.9. The standard InChI is InChI=1S/C13H21BrN2O3S.ClH/c1-3-4-5-10(9-15)16-20(17,18)13-7-6-11(19-2)8-12(13)14;/h6-8,10,16H,3-5,9,15H2,1-2H3;1H. The van der Waals surface area contributed by atoms with Crippen molar-refractivity contribution in [2.24, 2.45) is 5.73 Å². The highest BCUT2D eigenvalue weighted by Gasteiger charge is 2.21. The quantitative estimate of drug-likeness (QED) is 0.701. The second-order valence-electron chi connectivity index (χ2n) is 4.49. The van der Waals surface area contributed by atoms with E-state index in [1.54, 1.807) is 12.1 Å². The van der Waals surface area contributed by atoms with Crippen LogP contribution in [0.2, 0.25) is 0 Å². The predicted molar refractivity (Wildman–Crippen MR) is 90.6 cm³/mol. The van der Waals surface area contributed by atoms with E-state index in [1.165, 1.54) is 13.2 Å². The minimum Gasteiger partial charge on any atom is -0.497 e. The van der Waals surface area contributed by atoms with Gasteiger partial charge in [0, 0.05) is 17.1 Å². The van der Waals surface area contributed by atoms with Crippen LogP contribution in [-0.4, -0.2) is 28.1 Å². The summed E-state index contributed by atoms with van der Waals surface area (Å²) in [5.74, 6) is 0.595. The molecule has 0 amide bonds. The Bertz CT molecular complexity index is 540. The smallest absolute Gasteiger partial charge is 0.241 e. The maximum Gasteiger partial charge on any atom is 0.241 e. The zero-order chi connectivity index (χ0) is 15.2. The van der Waals surface area contributed by atoms with Crippen molar-refractivity contribution in [2.45, 2.75) is 37.1 Å². The van der Waals surface area contributed by atoms with Crippen molar-refractivity contribution >= 4 is 38.4 Å². The lowest BCUT2D eigenvalue weighted by atomic mass is 10.1. The highest BCUT2D eigenvalue weighted by Crippen LogP contribution is 2.26. The summed E-state index contributed by atoms with van der Waals surface area (Å²) in [7, 11) is -2.06. The number of sulfonamides is 1. The average molecular weight is 402 g/mol. The molecule has 1 rings (SSSR count). The van der Waals surface area contributed by atoms with Crippen LogP contribution in [0.1, 0.15) is 26.2 Å². The van der Waals surface area contributed by atoms with Crippen molar-refractivity contribution in [3.8, 4) is 5.75 Å². The third-order valence-corrected chi connectivity index (χ3v) is 5.44. The number of rotatable bonds is 8. The molecule has 1 unspecified atom stereocenters. The van der Waals surface area contributed by atoms with Crippen LogP contribution in [0.3, 0.4) is 0 Å². The molecule has 1 aromatic carbocycles. The summed E-state index contributed by atoms with van der Waals surface area (Å²) in [6, 6.07) is 4.51. The SMILES string of the molecule is CCCCC(CN)NS(=O)(=O)c1ccc(OC)cc1Br.Cl. The highest BCUT2D eigenvalue weighted by atomic mass is 79.9. The van der Waals surface area contributed by atoms with Gasteiger partial charge in [0.05, 0.1) is 12.0 Å². The van der Waals surface area contributed by atoms with Crippen molar-refractivity contribution in [1.82, 2.24) is 4.72 Å². The number of nitrogens with one attached hydrogen (secondary N) is 1. The van der Waals surface area contributed by atoms with Gasteiger partial charge in [-0.05, 0) is 40.5 Å². The van der Waals surface area contributed by atoms with Crippen molar-refractivity contribution in [1.29, 1.82) is 0 Å². The third kappa shape index (κ3) is 6.12. The first-order valence-electron chi connectivity index (χ1n) is 6.50. The first-order valence-corrected chi connectivity index (χ1v) is 8.78. The van der Waals surface area contributed by atoms with Crippen molar-refractivity contribution in [3.05, 3.63) is 22.7 Å². The lowest BCUT2D eigenvalue weighted by molar-refractivity contribution is 0.414. The number of hydrogen-bond donors (Lipinski definition) is 2. The van der Waals surface area contributed by atoms with E-state index in [-0.39, 0.29) is 29.9 Å². The summed E-state index contributed by atoms with van der Waals surface area (Å²) in [6.07, 6.45) is 2.68. The molecule has 1 atom stereocenters. The summed E-state index contributed by atoms with van der Waals surface area (Å²) >= 11 is 3.26. The van der Waals surface area contributed by atoms with E-state index in [0.29, 0.717) is 10.2 Å². The van der Waals surface area contributed by atoms with Gasteiger partial charge in [-0.15, -0.1) is 12.4 Å². The summed E-state index contributed by atoms with van der Waals surface area (Å²) in [4.78, 5) is 0.188. The topological polar surface area (TPSA) is 81.4 Å². The average Bonchev–Trinajstić information content (AvgIpc) is 2.42. The van der Waals surface area contributed by atoms with Crippen molar-refractivity contribution < 1.29 is 13.2 Å². The van der Waals surface area contributed by atoms with Gasteiger partial charge < -0.3 is 10.5 Å². The monoisotopic (exact) mass is 400 g/mol. The van der Waals surface area contributed by atoms with Gasteiger partial charge in [-0.1, -0.05) is 19.8 Å². The van der Waals surface area contributed by atoms with Crippen LogP contribution in [0.25, 0.3) is 0 Å². The fourth-order valence-corrected chi connectivity index (χ4v) is 4.12. The zero-order valence-electron chi connectivity index (χ0n) is 12.1. The Hall–Kier alpha value is -0.340. The molecule has 21 heavy (non-hydrogen) atoms. The Morgan fingerprint density at radius 3 is 2.57 bits per heavy atom. The molecular formula is C13H22BrClN2O3S. The maximum atomic E-state index is 12.3. The van der Waals surface area contributed by atoms with E-state index < -0.39 is 10.0 Å². The van der Waals surface area contributed by atoms with Gasteiger partial charge in [-0.25, -0.2) is 13.1 Å². The largest absolute Gasteiger partial charge is 0.497 e. The van der Waals surface area contributed by atoms with Gasteiger partial charge in [0.2, 0.25) is 10.0 Å². The van der Waals surface area contributed by atoms with Gasteiger partial charge in [0.25, 0.3) is 0 Å². The van der Waals surface area contributed by atoms with E-state index in [0.717, 1.165) is 19.3 Å². The minimum atomic E-state index is -3.59. The lowest BCUT2D eigenvalue weighted by Crippen LogP contribution is -2.40. The number of methoxy groups -OCH3 is 1. The molecule has 0 bridgehead atoms. The number of hydrogen-bond acceptors (Lipinski definition) is 4. The first kappa shape index (κ1) is 20.7. The van der Waals surface area contributed by atoms with Crippen LogP contribution in [-0.2, 0) is 10.0 Å². The molecule has 3 N–H and O–H groups in total. The van der Waals surface area contributed by atoms with Gasteiger partial charge >= 0.3 is 0 Å². The Kier molecular flexibility index (Phi) is 9.48. The van der Waals surface area contributed by atoms with Crippen LogP contribution in [0.15, 0.2) is 27.6 Å². The Labute approximate surface area is 141 Å². The Balaban J connectivity index is 0.00000400. The van der Waals surface area contributed by atoms with Crippen molar-refractivity contribution in [3.63, 3.8) is 0 Å². The number of nitrogens with two attached hydrogens (primary N) is 1. The second kappa shape index (κ2) is 9.63. The van der Waals surface area contributed by atoms with Gasteiger partial charge in [0.1, 0.15) is 5.75 Å². The lowest BCUT2D eigenvalue weighted by Gasteiger charge is -2.17. The van der Waals surface area contributed by atoms with E-state index in [9.17, 15) is 8.42 Å². The molecular weight excluding hydrogens is 380 g/mol. The number of unbranched alkanes of at least 4 members (excludes halogenated alkanes) is 1. The molecule has 0 aliphatic carbocycles. The highest BCUT2D eigenvalue weighted by molar-refractivity contribution is 9.10. The Morgan fingerprint density at radius 2 is 2.10 bits per heavy atom. The maximum absolute atomic E-state index is 12.3. The fraction of sp³-hybridized carbons (Fsp3) is 0.538. The van der Waals surface area contributed by atoms with Crippen LogP contribution < -0.4 is 15.2 Å². The first-order chi connectivity index (χ1) is 9.44. The minimum absolute atomic E-state index is 0. The molecule has 0 radical (unpaired) electrons. The zero-order valence-corrected chi connectivity index (χ0v) is 15.4. The van der Waals surface area contributed by atoms with Gasteiger partial charge in [-0.3, -0.25) is 0 Å². The molecule has 122 valence electrons. The van der Waals surface area contributed by atoms with E-state index >= 15 is 0 Å². The summed E-state index contributed by atoms with van der Waals surface area (Å²) in [5.41, 5.74) is 5.62. The van der Waals surface area contributed by atoms with Crippen LogP contribution in [0.5, 0.6) is 5.75 Å². The van der Waals surface area contributed by atoms with E-state index in [1.807, 2.05) is 0 Å². The van der Waals surface area contributed by atoms with Crippen molar-refractivity contribution in [2.75, 3.05) is 13.7 Å². The van der Waals surface area contributed by atoms with Gasteiger partial charge in [0.15, 0.2) is 0 Å². The Morgan fingerprint density at radius 1 is 1.43 bits per heavy atom. The molecule has 5 nitrogen and oxygen atoms in total. The van der Waals surface area contributed by atoms with E-state index in [2.05, 4.69) is 27.6 Å². The molecule has 1 aromatic rings. The molecule has 0 aromatic heterocycles. The summed E-state index contributed by atoms with van der Waals surface area (Å²) in [5, 5.41) is 0. The molecule has 0 saturated heterocycles. The fourth-order valence-electron chi connectivity index (χ4n) is 1.78. The molecule has 8 heteroatoms. The van der Waals surface area contributed by atoms with Crippen LogP contribution in [0.4, 0.5) is 0 Å². The predicted octanol–water partition coefficient (Wildman–Crippen LogP) is 2.68. The molecule has 0 heterocycles. The molecule has 0 aliphatic rings. The summed E-state index contributed by atoms with van der Waals surface area (Å²) in [6.45, 7) is 2.34. The molecule has 0 aliphatic heterocycles. The van der Waals surface area contributed by atoms with Gasteiger partial charge in [-0.2, -0.15) is 0 Å². The normalized spacial score (nSPS) is 12.6. The third-order valence-electron chi connectivity index (χ3n) is 2.94. The van der Waals surface area contributed by atoms with E-state index in [4.69, 9.17) is 10.5 Å². The number of halogens is 2. The number of ether oxygens (including phenoxy) is 1. The van der Waals surface area contributed by atoms with Crippen LogP contribution >= 0.6 is 28.3 Å². The second-order valence-corrected chi connectivity index (χ2v) is 7.03.